The molecule has 0 radical (unpaired) electrons. The summed E-state index contributed by atoms with van der Waals surface area (Å²) in [5.41, 5.74) is 2.73. The Bertz CT molecular complexity index is 607. The van der Waals surface area contributed by atoms with Gasteiger partial charge < -0.3 is 4.74 Å². The van der Waals surface area contributed by atoms with E-state index in [2.05, 4.69) is 48.3 Å². The van der Waals surface area contributed by atoms with E-state index in [1.54, 1.807) is 34.9 Å². The van der Waals surface area contributed by atoms with E-state index in [-0.39, 0.29) is 0 Å². The van der Waals surface area contributed by atoms with Gasteiger partial charge in [0.05, 0.1) is 6.10 Å². The molecule has 1 aliphatic rings. The maximum absolute atomic E-state index is 5.64. The summed E-state index contributed by atoms with van der Waals surface area (Å²) >= 11 is 5.23. The first-order valence-electron chi connectivity index (χ1n) is 8.00. The Morgan fingerprint density at radius 2 is 1.91 bits per heavy atom. The number of rotatable bonds is 7. The molecule has 1 aromatic carbocycles. The second-order valence-corrected chi connectivity index (χ2v) is 9.43. The molecule has 0 amide bonds. The average Bonchev–Trinajstić information content (AvgIpc) is 3.23. The first-order valence-corrected chi connectivity index (χ1v) is 10.8. The van der Waals surface area contributed by atoms with E-state index in [1.807, 2.05) is 0 Å². The smallest absolute Gasteiger partial charge is 0.175 e. The van der Waals surface area contributed by atoms with Crippen molar-refractivity contribution in [3.05, 3.63) is 35.4 Å². The zero-order valence-electron chi connectivity index (χ0n) is 13.5. The lowest BCUT2D eigenvalue weighted by molar-refractivity contribution is 0.129. The lowest BCUT2D eigenvalue weighted by Crippen LogP contribution is -2.07. The second kappa shape index (κ2) is 8.51. The van der Waals surface area contributed by atoms with Crippen molar-refractivity contribution in [3.63, 3.8) is 0 Å². The highest BCUT2D eigenvalue weighted by Crippen LogP contribution is 2.32. The van der Waals surface area contributed by atoms with Crippen LogP contribution in [0.2, 0.25) is 0 Å². The minimum absolute atomic E-state index is 0.402. The van der Waals surface area contributed by atoms with E-state index in [0.29, 0.717) is 12.0 Å². The molecule has 0 N–H and O–H groups in total. The molecular formula is C17H22N2OS3. The van der Waals surface area contributed by atoms with E-state index in [9.17, 15) is 0 Å². The lowest BCUT2D eigenvalue weighted by Gasteiger charge is -2.06. The van der Waals surface area contributed by atoms with Crippen LogP contribution in [-0.4, -0.2) is 28.7 Å². The van der Waals surface area contributed by atoms with Gasteiger partial charge in [0.2, 0.25) is 0 Å². The Morgan fingerprint density at radius 3 is 2.57 bits per heavy atom. The van der Waals surface area contributed by atoms with Crippen LogP contribution in [0.15, 0.2) is 32.9 Å². The molecule has 2 aromatic rings. The van der Waals surface area contributed by atoms with Gasteiger partial charge in [0.15, 0.2) is 8.68 Å². The largest absolute Gasteiger partial charge is 0.377 e. The molecule has 6 heteroatoms. The normalized spacial score (nSPS) is 18.0. The monoisotopic (exact) mass is 366 g/mol. The summed E-state index contributed by atoms with van der Waals surface area (Å²) in [6, 6.07) is 8.89. The Labute approximate surface area is 150 Å². The Kier molecular flexibility index (Phi) is 6.39. The van der Waals surface area contributed by atoms with E-state index in [0.717, 1.165) is 26.8 Å². The fourth-order valence-electron chi connectivity index (χ4n) is 2.40. The van der Waals surface area contributed by atoms with Gasteiger partial charge in [-0.05, 0) is 29.9 Å². The molecule has 0 saturated carbocycles. The van der Waals surface area contributed by atoms with Crippen LogP contribution in [0.3, 0.4) is 0 Å². The van der Waals surface area contributed by atoms with Crippen LogP contribution in [0.1, 0.15) is 43.7 Å². The number of ether oxygens (including phenoxy) is 1. The van der Waals surface area contributed by atoms with E-state index in [1.165, 1.54) is 24.0 Å². The molecule has 1 aromatic heterocycles. The average molecular weight is 367 g/mol. The second-order valence-electron chi connectivity index (χ2n) is 5.96. The van der Waals surface area contributed by atoms with Crippen molar-refractivity contribution in [2.24, 2.45) is 0 Å². The molecule has 1 fully saturated rings. The molecule has 1 atom stereocenters. The molecule has 124 valence electrons. The van der Waals surface area contributed by atoms with Gasteiger partial charge in [0, 0.05) is 18.1 Å². The molecule has 3 rings (SSSR count). The van der Waals surface area contributed by atoms with Crippen LogP contribution in [-0.2, 0) is 10.5 Å². The quantitative estimate of drug-likeness (QED) is 0.627. The third-order valence-electron chi connectivity index (χ3n) is 3.81. The number of aromatic nitrogens is 2. The van der Waals surface area contributed by atoms with Gasteiger partial charge in [-0.3, -0.25) is 0 Å². The highest BCUT2D eigenvalue weighted by atomic mass is 32.2. The summed E-state index contributed by atoms with van der Waals surface area (Å²) in [5, 5.41) is 8.57. The van der Waals surface area contributed by atoms with Crippen LogP contribution in [0.4, 0.5) is 0 Å². The first-order chi connectivity index (χ1) is 11.2. The summed E-state index contributed by atoms with van der Waals surface area (Å²) in [7, 11) is 0. The minimum Gasteiger partial charge on any atom is -0.377 e. The molecule has 2 heterocycles. The van der Waals surface area contributed by atoms with Gasteiger partial charge in [-0.2, -0.15) is 0 Å². The molecule has 23 heavy (non-hydrogen) atoms. The highest BCUT2D eigenvalue weighted by molar-refractivity contribution is 8.02. The van der Waals surface area contributed by atoms with E-state index in [4.69, 9.17) is 4.74 Å². The van der Waals surface area contributed by atoms with Crippen molar-refractivity contribution in [2.45, 2.75) is 53.1 Å². The first kappa shape index (κ1) is 17.3. The predicted molar refractivity (Wildman–Crippen MR) is 99.7 cm³/mol. The van der Waals surface area contributed by atoms with Crippen LogP contribution < -0.4 is 0 Å². The van der Waals surface area contributed by atoms with Gasteiger partial charge in [-0.25, -0.2) is 0 Å². The number of benzene rings is 1. The molecular weight excluding hydrogens is 344 g/mol. The van der Waals surface area contributed by atoms with Gasteiger partial charge in [-0.15, -0.1) is 10.2 Å². The fourth-order valence-corrected chi connectivity index (χ4v) is 5.47. The summed E-state index contributed by atoms with van der Waals surface area (Å²) in [6.45, 7) is 5.36. The molecule has 0 bridgehead atoms. The van der Waals surface area contributed by atoms with Crippen molar-refractivity contribution in [1.82, 2.24) is 10.2 Å². The van der Waals surface area contributed by atoms with Crippen molar-refractivity contribution in [3.8, 4) is 0 Å². The van der Waals surface area contributed by atoms with E-state index >= 15 is 0 Å². The Hall–Kier alpha value is -0.560. The predicted octanol–water partition coefficient (Wildman–Crippen LogP) is 5.22. The molecule has 1 unspecified atom stereocenters. The molecule has 0 aliphatic carbocycles. The third kappa shape index (κ3) is 5.21. The Balaban J connectivity index is 1.46. The highest BCUT2D eigenvalue weighted by Gasteiger charge is 2.16. The van der Waals surface area contributed by atoms with Crippen LogP contribution in [0.5, 0.6) is 0 Å². The number of nitrogens with zero attached hydrogens (tertiary/aromatic N) is 2. The molecule has 0 spiro atoms. The summed E-state index contributed by atoms with van der Waals surface area (Å²) < 4.78 is 7.75. The standard InChI is InChI=1S/C17H22N2OS3/c1-12(2)14-7-5-13(6-8-14)10-21-16-18-19-17(23-16)22-11-15-4-3-9-20-15/h5-8,12,15H,3-4,9-11H2,1-2H3. The van der Waals surface area contributed by atoms with Gasteiger partial charge in [-0.1, -0.05) is 73.0 Å². The van der Waals surface area contributed by atoms with Crippen LogP contribution in [0, 0.1) is 0 Å². The zero-order chi connectivity index (χ0) is 16.1. The fraction of sp³-hybridized carbons (Fsp3) is 0.529. The van der Waals surface area contributed by atoms with Crippen LogP contribution in [0.25, 0.3) is 0 Å². The molecule has 1 saturated heterocycles. The SMILES string of the molecule is CC(C)c1ccc(CSc2nnc(SCC3CCCO3)s2)cc1. The Morgan fingerprint density at radius 1 is 1.17 bits per heavy atom. The van der Waals surface area contributed by atoms with Gasteiger partial charge >= 0.3 is 0 Å². The summed E-state index contributed by atoms with van der Waals surface area (Å²) in [6.07, 6.45) is 2.78. The number of thioether (sulfide) groups is 2. The molecule has 3 nitrogen and oxygen atoms in total. The van der Waals surface area contributed by atoms with Crippen molar-refractivity contribution < 1.29 is 4.74 Å². The van der Waals surface area contributed by atoms with Crippen molar-refractivity contribution in [2.75, 3.05) is 12.4 Å². The summed E-state index contributed by atoms with van der Waals surface area (Å²) in [5.74, 6) is 2.53. The lowest BCUT2D eigenvalue weighted by atomic mass is 10.0. The van der Waals surface area contributed by atoms with Crippen molar-refractivity contribution >= 4 is 34.9 Å². The van der Waals surface area contributed by atoms with E-state index < -0.39 is 0 Å². The van der Waals surface area contributed by atoms with Crippen molar-refractivity contribution in [1.29, 1.82) is 0 Å². The maximum Gasteiger partial charge on any atom is 0.175 e. The summed E-state index contributed by atoms with van der Waals surface area (Å²) in [4.78, 5) is 0. The van der Waals surface area contributed by atoms with Crippen LogP contribution >= 0.6 is 34.9 Å². The topological polar surface area (TPSA) is 35.0 Å². The maximum atomic E-state index is 5.64. The van der Waals surface area contributed by atoms with Gasteiger partial charge in [0.1, 0.15) is 0 Å². The zero-order valence-corrected chi connectivity index (χ0v) is 16.0. The van der Waals surface area contributed by atoms with Gasteiger partial charge in [0.25, 0.3) is 0 Å². The number of hydrogen-bond acceptors (Lipinski definition) is 6. The molecule has 1 aliphatic heterocycles. The third-order valence-corrected chi connectivity index (χ3v) is 7.21. The minimum atomic E-state index is 0.402. The number of hydrogen-bond donors (Lipinski definition) is 0.